The highest BCUT2D eigenvalue weighted by atomic mass is 32.1. The molecule has 0 aromatic carbocycles. The quantitative estimate of drug-likeness (QED) is 0.380. The van der Waals surface area contributed by atoms with E-state index in [1.54, 1.807) is 26.3 Å². The van der Waals surface area contributed by atoms with Crippen LogP contribution in [0.5, 0.6) is 0 Å². The van der Waals surface area contributed by atoms with Crippen LogP contribution in [0.1, 0.15) is 13.8 Å². The summed E-state index contributed by atoms with van der Waals surface area (Å²) in [6.07, 6.45) is 1.52. The Bertz CT molecular complexity index is 204. The maximum Gasteiger partial charge on any atom is 0.235 e. The molecule has 62 valence electrons. The van der Waals surface area contributed by atoms with E-state index in [2.05, 4.69) is 22.9 Å². The Labute approximate surface area is 72.0 Å². The smallest absolute Gasteiger partial charge is 0.235 e. The summed E-state index contributed by atoms with van der Waals surface area (Å²) in [5.41, 5.74) is 0.224. The van der Waals surface area contributed by atoms with Gasteiger partial charge in [0.15, 0.2) is 0 Å². The van der Waals surface area contributed by atoms with Crippen LogP contribution in [-0.4, -0.2) is 18.7 Å². The summed E-state index contributed by atoms with van der Waals surface area (Å²) >= 11 is 3.97. The number of nitrogens with zero attached hydrogens (tertiary/aromatic N) is 1. The van der Waals surface area contributed by atoms with Gasteiger partial charge < -0.3 is 5.32 Å². The highest BCUT2D eigenvalue weighted by Gasteiger charge is 2.20. The molecule has 11 heavy (non-hydrogen) atoms. The Balaban J connectivity index is 4.65. The number of hydrogen-bond acceptors (Lipinski definition) is 4. The lowest BCUT2D eigenvalue weighted by Gasteiger charge is -2.20. The number of hydrogen-bond donors (Lipinski definition) is 2. The van der Waals surface area contributed by atoms with Crippen LogP contribution in [0.15, 0.2) is 16.1 Å². The zero-order valence-electron chi connectivity index (χ0n) is 6.88. The van der Waals surface area contributed by atoms with Gasteiger partial charge in [-0.25, -0.2) is 4.79 Å². The molecule has 0 aliphatic heterocycles. The van der Waals surface area contributed by atoms with Crippen molar-refractivity contribution >= 4 is 18.7 Å². The third-order valence-corrected chi connectivity index (χ3v) is 1.64. The molecule has 0 aromatic heterocycles. The molecular formula is C7H12N2OS. The monoisotopic (exact) mass is 172 g/mol. The minimum absolute atomic E-state index is 0.557. The van der Waals surface area contributed by atoms with Crippen LogP contribution in [0.4, 0.5) is 0 Å². The highest BCUT2D eigenvalue weighted by Crippen LogP contribution is 2.17. The van der Waals surface area contributed by atoms with Crippen LogP contribution < -0.4 is 5.32 Å². The average Bonchev–Trinajstić information content (AvgIpc) is 1.89. The Hall–Kier alpha value is -0.730. The van der Waals surface area contributed by atoms with Gasteiger partial charge in [0.2, 0.25) is 6.08 Å². The minimum Gasteiger partial charge on any atom is -0.389 e. The van der Waals surface area contributed by atoms with Gasteiger partial charge in [0.25, 0.3) is 0 Å². The van der Waals surface area contributed by atoms with E-state index in [9.17, 15) is 4.79 Å². The first-order valence-corrected chi connectivity index (χ1v) is 3.71. The molecule has 0 atom stereocenters. The van der Waals surface area contributed by atoms with Gasteiger partial charge in [0, 0.05) is 12.7 Å². The topological polar surface area (TPSA) is 41.5 Å². The molecule has 0 rings (SSSR count). The van der Waals surface area contributed by atoms with Crippen molar-refractivity contribution in [1.29, 1.82) is 0 Å². The van der Waals surface area contributed by atoms with Crippen LogP contribution in [0.25, 0.3) is 0 Å². The van der Waals surface area contributed by atoms with Crippen molar-refractivity contribution in [1.82, 2.24) is 5.32 Å². The summed E-state index contributed by atoms with van der Waals surface area (Å²) in [6.45, 7) is 3.60. The molecule has 0 unspecified atom stereocenters. The van der Waals surface area contributed by atoms with Crippen LogP contribution in [0, 0.1) is 0 Å². The number of isocyanates is 1. The van der Waals surface area contributed by atoms with Crippen LogP contribution >= 0.6 is 12.6 Å². The van der Waals surface area contributed by atoms with E-state index in [4.69, 9.17) is 0 Å². The zero-order valence-corrected chi connectivity index (χ0v) is 7.77. The molecule has 0 spiro atoms. The third kappa shape index (κ3) is 2.78. The summed E-state index contributed by atoms with van der Waals surface area (Å²) in [5, 5.41) is 4.47. The molecule has 3 nitrogen and oxygen atoms in total. The first kappa shape index (κ1) is 10.3. The molecule has 0 saturated heterocycles. The molecule has 0 aromatic rings. The van der Waals surface area contributed by atoms with Crippen molar-refractivity contribution in [3.8, 4) is 0 Å². The second kappa shape index (κ2) is 4.21. The number of likely N-dealkylation sites (N-methyl/N-ethyl adjacent to an activating group) is 1. The van der Waals surface area contributed by atoms with E-state index in [1.807, 2.05) is 0 Å². The van der Waals surface area contributed by atoms with Crippen molar-refractivity contribution in [2.45, 2.75) is 19.4 Å². The SMILES string of the molecule is CN/C(=C\S)C(C)(C)N=C=O. The van der Waals surface area contributed by atoms with Gasteiger partial charge in [-0.2, -0.15) is 4.99 Å². The highest BCUT2D eigenvalue weighted by molar-refractivity contribution is 7.83. The Morgan fingerprint density at radius 1 is 1.73 bits per heavy atom. The fraction of sp³-hybridized carbons (Fsp3) is 0.571. The molecule has 4 heteroatoms. The lowest BCUT2D eigenvalue weighted by molar-refractivity contribution is 0.534. The van der Waals surface area contributed by atoms with Crippen molar-refractivity contribution in [2.24, 2.45) is 4.99 Å². The largest absolute Gasteiger partial charge is 0.389 e. The van der Waals surface area contributed by atoms with Gasteiger partial charge in [0.1, 0.15) is 5.54 Å². The number of nitrogens with one attached hydrogen (secondary N) is 1. The molecule has 0 amide bonds. The number of carbonyl (C=O) groups excluding carboxylic acids is 1. The average molecular weight is 172 g/mol. The molecule has 0 heterocycles. The maximum absolute atomic E-state index is 9.99. The maximum atomic E-state index is 9.99. The van der Waals surface area contributed by atoms with Crippen molar-refractivity contribution < 1.29 is 4.79 Å². The summed E-state index contributed by atoms with van der Waals surface area (Å²) in [5.74, 6) is 0. The predicted octanol–water partition coefficient (Wildman–Crippen LogP) is 1.09. The third-order valence-electron chi connectivity index (χ3n) is 1.38. The van der Waals surface area contributed by atoms with E-state index < -0.39 is 5.54 Å². The van der Waals surface area contributed by atoms with Crippen LogP contribution in [0.2, 0.25) is 0 Å². The summed E-state index contributed by atoms with van der Waals surface area (Å²) < 4.78 is 0. The normalized spacial score (nSPS) is 12.2. The summed E-state index contributed by atoms with van der Waals surface area (Å²) in [4.78, 5) is 13.6. The lowest BCUT2D eigenvalue weighted by Crippen LogP contribution is -2.28. The Morgan fingerprint density at radius 3 is 2.55 bits per heavy atom. The van der Waals surface area contributed by atoms with Crippen LogP contribution in [-0.2, 0) is 4.79 Å². The van der Waals surface area contributed by atoms with Gasteiger partial charge in [-0.15, -0.1) is 12.6 Å². The molecule has 1 N–H and O–H groups in total. The second-order valence-corrected chi connectivity index (χ2v) is 2.81. The predicted molar refractivity (Wildman–Crippen MR) is 48.3 cm³/mol. The van der Waals surface area contributed by atoms with Gasteiger partial charge in [-0.3, -0.25) is 0 Å². The molecule has 0 radical (unpaired) electrons. The van der Waals surface area contributed by atoms with Gasteiger partial charge in [-0.05, 0) is 19.3 Å². The van der Waals surface area contributed by atoms with Gasteiger partial charge in [0.05, 0.1) is 0 Å². The van der Waals surface area contributed by atoms with Gasteiger partial charge in [-0.1, -0.05) is 0 Å². The van der Waals surface area contributed by atoms with E-state index in [0.29, 0.717) is 0 Å². The standard InChI is InChI=1S/C7H12N2OS/c1-7(2,9-5-10)6(4-11)8-3/h4,8,11H,1-3H3/b6-4-. The lowest BCUT2D eigenvalue weighted by atomic mass is 10.0. The second-order valence-electron chi connectivity index (χ2n) is 2.55. The van der Waals surface area contributed by atoms with E-state index in [0.717, 1.165) is 5.70 Å². The molecule has 0 aliphatic carbocycles. The van der Waals surface area contributed by atoms with Crippen molar-refractivity contribution in [2.75, 3.05) is 7.05 Å². The first-order valence-electron chi connectivity index (χ1n) is 3.20. The number of aliphatic imine (C=N–C) groups is 1. The first-order chi connectivity index (χ1) is 5.08. The minimum atomic E-state index is -0.557. The fourth-order valence-corrected chi connectivity index (χ4v) is 1.15. The van der Waals surface area contributed by atoms with Crippen LogP contribution in [0.3, 0.4) is 0 Å². The van der Waals surface area contributed by atoms with Crippen molar-refractivity contribution in [3.63, 3.8) is 0 Å². The fourth-order valence-electron chi connectivity index (χ4n) is 0.703. The summed E-state index contributed by atoms with van der Waals surface area (Å²) in [7, 11) is 1.75. The molecule has 0 aliphatic rings. The summed E-state index contributed by atoms with van der Waals surface area (Å²) in [6, 6.07) is 0. The zero-order chi connectivity index (χ0) is 8.91. The Kier molecular flexibility index (Phi) is 3.93. The van der Waals surface area contributed by atoms with Gasteiger partial charge >= 0.3 is 0 Å². The number of thiol groups is 1. The van der Waals surface area contributed by atoms with E-state index >= 15 is 0 Å². The van der Waals surface area contributed by atoms with Crippen molar-refractivity contribution in [3.05, 3.63) is 11.1 Å². The molecule has 0 bridgehead atoms. The number of rotatable bonds is 3. The molecular weight excluding hydrogens is 160 g/mol. The van der Waals surface area contributed by atoms with E-state index in [1.165, 1.54) is 6.08 Å². The Morgan fingerprint density at radius 2 is 2.27 bits per heavy atom. The molecule has 0 fully saturated rings. The van der Waals surface area contributed by atoms with E-state index in [-0.39, 0.29) is 0 Å². The molecule has 0 saturated carbocycles.